The number of benzene rings is 1. The van der Waals surface area contributed by atoms with Gasteiger partial charge in [-0.1, -0.05) is 30.3 Å². The molecule has 5 rings (SSSR count). The van der Waals surface area contributed by atoms with Gasteiger partial charge in [-0.25, -0.2) is 9.78 Å². The fraction of sp³-hybridized carbons (Fsp3) is 0.333. The molecule has 1 fully saturated rings. The Hall–Kier alpha value is -3.48. The summed E-state index contributed by atoms with van der Waals surface area (Å²) in [6.07, 6.45) is 6.79. The van der Waals surface area contributed by atoms with Gasteiger partial charge in [0.15, 0.2) is 0 Å². The van der Waals surface area contributed by atoms with Crippen molar-refractivity contribution in [1.29, 1.82) is 0 Å². The van der Waals surface area contributed by atoms with Crippen LogP contribution < -0.4 is 0 Å². The van der Waals surface area contributed by atoms with Crippen molar-refractivity contribution in [2.75, 3.05) is 13.1 Å². The maximum absolute atomic E-state index is 13.1. The zero-order valence-corrected chi connectivity index (χ0v) is 17.2. The highest BCUT2D eigenvalue weighted by molar-refractivity contribution is 5.83. The first-order chi connectivity index (χ1) is 15.2. The summed E-state index contributed by atoms with van der Waals surface area (Å²) in [5.41, 5.74) is 3.96. The van der Waals surface area contributed by atoms with Crippen LogP contribution in [0.3, 0.4) is 0 Å². The Morgan fingerprint density at radius 2 is 1.87 bits per heavy atom. The number of carbonyl (C=O) groups excluding carboxylic acids is 2. The number of carbonyl (C=O) groups is 2. The Bertz CT molecular complexity index is 1090. The Morgan fingerprint density at radius 3 is 2.68 bits per heavy atom. The maximum Gasteiger partial charge on any atom is 0.410 e. The van der Waals surface area contributed by atoms with Crippen molar-refractivity contribution in [3.05, 3.63) is 72.4 Å². The molecular formula is C24H24N4O3. The third-order valence-corrected chi connectivity index (χ3v) is 6.24. The molecule has 1 aromatic carbocycles. The first kappa shape index (κ1) is 19.5. The minimum atomic E-state index is -0.313. The summed E-state index contributed by atoms with van der Waals surface area (Å²) in [6, 6.07) is 13.5. The van der Waals surface area contributed by atoms with Crippen LogP contribution >= 0.6 is 0 Å². The molecule has 4 heterocycles. The quantitative estimate of drug-likeness (QED) is 0.631. The van der Waals surface area contributed by atoms with Crippen LogP contribution in [-0.4, -0.2) is 44.4 Å². The lowest BCUT2D eigenvalue weighted by molar-refractivity contribution is -0.124. The predicted octanol–water partition coefficient (Wildman–Crippen LogP) is 3.86. The van der Waals surface area contributed by atoms with E-state index in [2.05, 4.69) is 9.97 Å². The summed E-state index contributed by atoms with van der Waals surface area (Å²) in [5.74, 6) is 0.179. The SMILES string of the molecule is O=C(CC1c2ncccc2-c2cncn21)C1CCN(C(=O)OCc2ccccc2)CC1. The summed E-state index contributed by atoms with van der Waals surface area (Å²) in [7, 11) is 0. The number of hydrogen-bond donors (Lipinski definition) is 0. The monoisotopic (exact) mass is 416 g/mol. The van der Waals surface area contributed by atoms with Crippen LogP contribution in [0.2, 0.25) is 0 Å². The molecule has 1 atom stereocenters. The second kappa shape index (κ2) is 8.34. The molecule has 7 nitrogen and oxygen atoms in total. The highest BCUT2D eigenvalue weighted by Gasteiger charge is 2.34. The number of pyridine rings is 1. The lowest BCUT2D eigenvalue weighted by Gasteiger charge is -2.31. The van der Waals surface area contributed by atoms with Crippen molar-refractivity contribution in [1.82, 2.24) is 19.4 Å². The lowest BCUT2D eigenvalue weighted by Crippen LogP contribution is -2.40. The second-order valence-electron chi connectivity index (χ2n) is 8.11. The molecule has 0 bridgehead atoms. The van der Waals surface area contributed by atoms with Gasteiger partial charge in [0.25, 0.3) is 0 Å². The molecule has 3 aromatic rings. The van der Waals surface area contributed by atoms with Gasteiger partial charge in [0.2, 0.25) is 0 Å². The minimum Gasteiger partial charge on any atom is -0.445 e. The average molecular weight is 416 g/mol. The molecule has 1 amide bonds. The van der Waals surface area contributed by atoms with E-state index in [4.69, 9.17) is 4.74 Å². The molecule has 2 aliphatic heterocycles. The lowest BCUT2D eigenvalue weighted by atomic mass is 9.89. The summed E-state index contributed by atoms with van der Waals surface area (Å²) < 4.78 is 7.47. The largest absolute Gasteiger partial charge is 0.445 e. The molecule has 0 radical (unpaired) electrons. The van der Waals surface area contributed by atoms with Crippen molar-refractivity contribution in [2.45, 2.75) is 31.9 Å². The molecule has 1 unspecified atom stereocenters. The van der Waals surface area contributed by atoms with Crippen molar-refractivity contribution in [3.63, 3.8) is 0 Å². The molecule has 158 valence electrons. The topological polar surface area (TPSA) is 77.3 Å². The number of aromatic nitrogens is 3. The Morgan fingerprint density at radius 1 is 1.06 bits per heavy atom. The van der Waals surface area contributed by atoms with Gasteiger partial charge in [0.05, 0.1) is 30.0 Å². The number of nitrogens with zero attached hydrogens (tertiary/aromatic N) is 4. The summed E-state index contributed by atoms with van der Waals surface area (Å²) in [6.45, 7) is 1.35. The van der Waals surface area contributed by atoms with Gasteiger partial charge in [-0.2, -0.15) is 0 Å². The summed E-state index contributed by atoms with van der Waals surface area (Å²) in [4.78, 5) is 35.9. The van der Waals surface area contributed by atoms with E-state index in [-0.39, 0.29) is 30.4 Å². The Balaban J connectivity index is 1.16. The molecule has 0 aliphatic carbocycles. The average Bonchev–Trinajstić information content (AvgIpc) is 3.41. The van der Waals surface area contributed by atoms with E-state index >= 15 is 0 Å². The van der Waals surface area contributed by atoms with E-state index in [9.17, 15) is 9.59 Å². The van der Waals surface area contributed by atoms with Crippen molar-refractivity contribution >= 4 is 11.9 Å². The van der Waals surface area contributed by atoms with Gasteiger partial charge in [-0.05, 0) is 30.5 Å². The van der Waals surface area contributed by atoms with Gasteiger partial charge in [-0.15, -0.1) is 0 Å². The van der Waals surface area contributed by atoms with Gasteiger partial charge >= 0.3 is 6.09 Å². The number of likely N-dealkylation sites (tertiary alicyclic amines) is 1. The first-order valence-electron chi connectivity index (χ1n) is 10.7. The number of piperidine rings is 1. The standard InChI is InChI=1S/C24H24N4O3/c29-22(13-20-23-19(7-4-10-26-23)21-14-25-16-28(20)21)18-8-11-27(12-9-18)24(30)31-15-17-5-2-1-3-6-17/h1-7,10,14,16,18,20H,8-9,11-13,15H2. The minimum absolute atomic E-state index is 0.0436. The molecule has 7 heteroatoms. The highest BCUT2D eigenvalue weighted by atomic mass is 16.6. The van der Waals surface area contributed by atoms with Gasteiger partial charge in [0, 0.05) is 37.2 Å². The van der Waals surface area contributed by atoms with E-state index < -0.39 is 0 Å². The summed E-state index contributed by atoms with van der Waals surface area (Å²) in [5, 5.41) is 0. The van der Waals surface area contributed by atoms with Gasteiger partial charge in [0.1, 0.15) is 12.4 Å². The van der Waals surface area contributed by atoms with E-state index in [1.165, 1.54) is 0 Å². The third-order valence-electron chi connectivity index (χ3n) is 6.24. The van der Waals surface area contributed by atoms with Crippen LogP contribution in [0.5, 0.6) is 0 Å². The van der Waals surface area contributed by atoms with E-state index in [1.54, 1.807) is 17.4 Å². The number of rotatable bonds is 5. The predicted molar refractivity (Wildman–Crippen MR) is 114 cm³/mol. The number of Topliss-reactive ketones (excluding diaryl/α,β-unsaturated/α-hetero) is 1. The van der Waals surface area contributed by atoms with E-state index in [0.717, 1.165) is 22.5 Å². The van der Waals surface area contributed by atoms with Crippen molar-refractivity contribution in [2.24, 2.45) is 5.92 Å². The number of imidazole rings is 1. The van der Waals surface area contributed by atoms with Crippen LogP contribution in [0.15, 0.2) is 61.2 Å². The fourth-order valence-corrected chi connectivity index (χ4v) is 4.54. The molecule has 0 saturated carbocycles. The van der Waals surface area contributed by atoms with Crippen LogP contribution in [0.4, 0.5) is 4.79 Å². The van der Waals surface area contributed by atoms with Gasteiger partial charge in [-0.3, -0.25) is 9.78 Å². The fourth-order valence-electron chi connectivity index (χ4n) is 4.54. The van der Waals surface area contributed by atoms with Crippen LogP contribution in [0.1, 0.15) is 36.6 Å². The van der Waals surface area contributed by atoms with Crippen LogP contribution in [0.25, 0.3) is 11.3 Å². The Labute approximate surface area is 180 Å². The molecule has 2 aliphatic rings. The van der Waals surface area contributed by atoms with Gasteiger partial charge < -0.3 is 14.2 Å². The number of amides is 1. The zero-order valence-electron chi connectivity index (χ0n) is 17.2. The zero-order chi connectivity index (χ0) is 21.2. The normalized spacial score (nSPS) is 17.8. The third kappa shape index (κ3) is 3.83. The molecular weight excluding hydrogens is 392 g/mol. The second-order valence-corrected chi connectivity index (χ2v) is 8.11. The van der Waals surface area contributed by atoms with Crippen LogP contribution in [-0.2, 0) is 16.1 Å². The van der Waals surface area contributed by atoms with E-state index in [1.807, 2.05) is 53.2 Å². The van der Waals surface area contributed by atoms with E-state index in [0.29, 0.717) is 32.4 Å². The molecule has 2 aromatic heterocycles. The van der Waals surface area contributed by atoms with Crippen molar-refractivity contribution < 1.29 is 14.3 Å². The molecule has 0 N–H and O–H groups in total. The highest BCUT2D eigenvalue weighted by Crippen LogP contribution is 2.40. The smallest absolute Gasteiger partial charge is 0.410 e. The molecule has 31 heavy (non-hydrogen) atoms. The molecule has 0 spiro atoms. The maximum atomic E-state index is 13.1. The van der Waals surface area contributed by atoms with Crippen molar-refractivity contribution in [3.8, 4) is 11.3 Å². The number of fused-ring (bicyclic) bond motifs is 3. The molecule has 1 saturated heterocycles. The number of ether oxygens (including phenoxy) is 1. The number of hydrogen-bond acceptors (Lipinski definition) is 5. The number of ketones is 1. The Kier molecular flexibility index (Phi) is 5.24. The summed E-state index contributed by atoms with van der Waals surface area (Å²) >= 11 is 0. The van der Waals surface area contributed by atoms with Crippen LogP contribution in [0, 0.1) is 5.92 Å². The first-order valence-corrected chi connectivity index (χ1v) is 10.7.